The number of nitrogens with one attached hydrogen (secondary N) is 1. The predicted octanol–water partition coefficient (Wildman–Crippen LogP) is 5.17. The number of esters is 1. The van der Waals surface area contributed by atoms with Crippen molar-refractivity contribution >= 4 is 18.2 Å². The summed E-state index contributed by atoms with van der Waals surface area (Å²) in [6, 6.07) is 5.80. The van der Waals surface area contributed by atoms with Crippen LogP contribution in [0.4, 0.5) is 9.59 Å². The van der Waals surface area contributed by atoms with E-state index in [1.807, 2.05) is 0 Å². The molecule has 1 amide bonds. The standard InChI is InChI=1S/C26H37NO7/c1-25(2,3)33-23(29)27-20(22(28)32-21(17-9-10-17)18-11-12-18)15-16-7-13-19(14-8-16)31-24(30)34-26(4,5)6/h7-8,13-14,17-18,20-21H,9-12,15H2,1-6H3,(H,27,29)/t20-/m1/s1. The summed E-state index contributed by atoms with van der Waals surface area (Å²) < 4.78 is 21.6. The summed E-state index contributed by atoms with van der Waals surface area (Å²) in [6.07, 6.45) is 3.01. The number of carbonyl (C=O) groups excluding carboxylic acids is 3. The third-order valence-electron chi connectivity index (χ3n) is 5.35. The van der Waals surface area contributed by atoms with Gasteiger partial charge in [-0.25, -0.2) is 14.4 Å². The molecular formula is C26H37NO7. The first-order chi connectivity index (χ1) is 15.8. The SMILES string of the molecule is CC(C)(C)OC(=O)N[C@H](Cc1ccc(OC(=O)OC(C)(C)C)cc1)C(=O)OC(C1CC1)C1CC1. The quantitative estimate of drug-likeness (QED) is 0.315. The van der Waals surface area contributed by atoms with Gasteiger partial charge < -0.3 is 24.3 Å². The molecule has 1 N–H and O–H groups in total. The molecule has 1 aromatic rings. The van der Waals surface area contributed by atoms with Crippen LogP contribution in [-0.4, -0.2) is 41.6 Å². The fraction of sp³-hybridized carbons (Fsp3) is 0.654. The van der Waals surface area contributed by atoms with E-state index in [9.17, 15) is 14.4 Å². The minimum atomic E-state index is -0.896. The monoisotopic (exact) mass is 475 g/mol. The van der Waals surface area contributed by atoms with Crippen molar-refractivity contribution in [3.8, 4) is 5.75 Å². The van der Waals surface area contributed by atoms with Gasteiger partial charge >= 0.3 is 18.2 Å². The zero-order valence-electron chi connectivity index (χ0n) is 21.0. The summed E-state index contributed by atoms with van der Waals surface area (Å²) in [5, 5.41) is 2.68. The minimum absolute atomic E-state index is 0.0694. The molecule has 2 saturated carbocycles. The van der Waals surface area contributed by atoms with Crippen LogP contribution in [0.3, 0.4) is 0 Å². The molecule has 188 valence electrons. The van der Waals surface area contributed by atoms with E-state index >= 15 is 0 Å². The topological polar surface area (TPSA) is 100 Å². The third kappa shape index (κ3) is 8.88. The van der Waals surface area contributed by atoms with E-state index in [0.29, 0.717) is 17.6 Å². The number of alkyl carbamates (subject to hydrolysis) is 1. The fourth-order valence-electron chi connectivity index (χ4n) is 3.58. The van der Waals surface area contributed by atoms with Gasteiger partial charge in [-0.2, -0.15) is 0 Å². The zero-order valence-corrected chi connectivity index (χ0v) is 21.0. The summed E-state index contributed by atoms with van der Waals surface area (Å²) in [5.74, 6) is 0.731. The number of ether oxygens (including phenoxy) is 4. The van der Waals surface area contributed by atoms with Crippen LogP contribution in [0.2, 0.25) is 0 Å². The molecule has 0 bridgehead atoms. The molecule has 3 rings (SSSR count). The molecule has 1 aromatic carbocycles. The van der Waals surface area contributed by atoms with Crippen LogP contribution in [-0.2, 0) is 25.4 Å². The van der Waals surface area contributed by atoms with Gasteiger partial charge in [0.05, 0.1) is 0 Å². The van der Waals surface area contributed by atoms with Crippen molar-refractivity contribution in [3.63, 3.8) is 0 Å². The van der Waals surface area contributed by atoms with Crippen molar-refractivity contribution in [1.82, 2.24) is 5.32 Å². The van der Waals surface area contributed by atoms with Gasteiger partial charge in [-0.3, -0.25) is 0 Å². The third-order valence-corrected chi connectivity index (χ3v) is 5.35. The first kappa shape index (κ1) is 25.8. The second-order valence-corrected chi connectivity index (χ2v) is 11.2. The fourth-order valence-corrected chi connectivity index (χ4v) is 3.58. The number of hydrogen-bond acceptors (Lipinski definition) is 7. The number of hydrogen-bond donors (Lipinski definition) is 1. The minimum Gasteiger partial charge on any atom is -0.460 e. The Bertz CT molecular complexity index is 862. The van der Waals surface area contributed by atoms with Crippen molar-refractivity contribution in [2.24, 2.45) is 11.8 Å². The van der Waals surface area contributed by atoms with Crippen LogP contribution < -0.4 is 10.1 Å². The van der Waals surface area contributed by atoms with Gasteiger partial charge in [-0.05, 0) is 96.8 Å². The number of rotatable bonds is 8. The maximum absolute atomic E-state index is 13.1. The largest absolute Gasteiger partial charge is 0.514 e. The second kappa shape index (κ2) is 10.2. The molecule has 2 aliphatic carbocycles. The molecule has 0 spiro atoms. The summed E-state index contributed by atoms with van der Waals surface area (Å²) >= 11 is 0. The molecule has 0 unspecified atom stereocenters. The highest BCUT2D eigenvalue weighted by molar-refractivity contribution is 5.82. The van der Waals surface area contributed by atoms with Crippen molar-refractivity contribution in [3.05, 3.63) is 29.8 Å². The number of carbonyl (C=O) groups is 3. The van der Waals surface area contributed by atoms with Crippen LogP contribution in [0.25, 0.3) is 0 Å². The average molecular weight is 476 g/mol. The lowest BCUT2D eigenvalue weighted by molar-refractivity contribution is -0.154. The summed E-state index contributed by atoms with van der Waals surface area (Å²) in [4.78, 5) is 37.4. The Hall–Kier alpha value is -2.77. The van der Waals surface area contributed by atoms with Crippen molar-refractivity contribution in [1.29, 1.82) is 0 Å². The van der Waals surface area contributed by atoms with E-state index in [1.54, 1.807) is 65.8 Å². The van der Waals surface area contributed by atoms with Gasteiger partial charge in [0, 0.05) is 6.42 Å². The van der Waals surface area contributed by atoms with E-state index < -0.39 is 35.5 Å². The Morgan fingerprint density at radius 2 is 1.41 bits per heavy atom. The van der Waals surface area contributed by atoms with Crippen molar-refractivity contribution in [2.45, 2.75) is 97.0 Å². The maximum Gasteiger partial charge on any atom is 0.514 e. The molecule has 0 saturated heterocycles. The molecule has 0 heterocycles. The lowest BCUT2D eigenvalue weighted by Crippen LogP contribution is -2.46. The van der Waals surface area contributed by atoms with Crippen LogP contribution in [0.5, 0.6) is 5.75 Å². The smallest absolute Gasteiger partial charge is 0.460 e. The van der Waals surface area contributed by atoms with E-state index in [-0.39, 0.29) is 12.5 Å². The molecule has 8 heteroatoms. The average Bonchev–Trinajstić information content (AvgIpc) is 3.58. The van der Waals surface area contributed by atoms with Crippen LogP contribution in [0.1, 0.15) is 72.8 Å². The second-order valence-electron chi connectivity index (χ2n) is 11.2. The van der Waals surface area contributed by atoms with Gasteiger partial charge in [0.1, 0.15) is 29.1 Å². The van der Waals surface area contributed by atoms with E-state index in [1.165, 1.54) is 0 Å². The van der Waals surface area contributed by atoms with Gasteiger partial charge in [-0.15, -0.1) is 0 Å². The Labute approximate surface area is 201 Å². The van der Waals surface area contributed by atoms with Gasteiger partial charge in [0.2, 0.25) is 0 Å². The lowest BCUT2D eigenvalue weighted by Gasteiger charge is -2.25. The summed E-state index contributed by atoms with van der Waals surface area (Å²) in [7, 11) is 0. The van der Waals surface area contributed by atoms with Gasteiger partial charge in [0.25, 0.3) is 0 Å². The van der Waals surface area contributed by atoms with E-state index in [4.69, 9.17) is 18.9 Å². The maximum atomic E-state index is 13.1. The molecule has 0 radical (unpaired) electrons. The number of benzene rings is 1. The normalized spacial score (nSPS) is 17.0. The van der Waals surface area contributed by atoms with Crippen LogP contribution >= 0.6 is 0 Å². The molecular weight excluding hydrogens is 438 g/mol. The van der Waals surface area contributed by atoms with Crippen LogP contribution in [0.15, 0.2) is 24.3 Å². The van der Waals surface area contributed by atoms with Gasteiger partial charge in [0.15, 0.2) is 0 Å². The zero-order chi connectivity index (χ0) is 25.1. The Morgan fingerprint density at radius 3 is 1.88 bits per heavy atom. The highest BCUT2D eigenvalue weighted by atomic mass is 16.7. The first-order valence-electron chi connectivity index (χ1n) is 12.0. The predicted molar refractivity (Wildman–Crippen MR) is 125 cm³/mol. The Balaban J connectivity index is 1.65. The Morgan fingerprint density at radius 1 is 0.882 bits per heavy atom. The van der Waals surface area contributed by atoms with Crippen molar-refractivity contribution < 1.29 is 33.3 Å². The molecule has 0 aliphatic heterocycles. The summed E-state index contributed by atoms with van der Waals surface area (Å²) in [5.41, 5.74) is -0.579. The van der Waals surface area contributed by atoms with Crippen LogP contribution in [0, 0.1) is 11.8 Å². The van der Waals surface area contributed by atoms with Gasteiger partial charge in [-0.1, -0.05) is 12.1 Å². The highest BCUT2D eigenvalue weighted by Gasteiger charge is 2.45. The molecule has 8 nitrogen and oxygen atoms in total. The molecule has 34 heavy (non-hydrogen) atoms. The van der Waals surface area contributed by atoms with Crippen molar-refractivity contribution in [2.75, 3.05) is 0 Å². The Kier molecular flexibility index (Phi) is 7.78. The molecule has 2 fully saturated rings. The van der Waals surface area contributed by atoms with E-state index in [0.717, 1.165) is 31.2 Å². The highest BCUT2D eigenvalue weighted by Crippen LogP contribution is 2.46. The van der Waals surface area contributed by atoms with E-state index in [2.05, 4.69) is 5.32 Å². The lowest BCUT2D eigenvalue weighted by atomic mass is 10.1. The molecule has 1 atom stereocenters. The number of amides is 1. The molecule has 0 aromatic heterocycles. The molecule has 2 aliphatic rings. The summed E-state index contributed by atoms with van der Waals surface area (Å²) in [6.45, 7) is 10.6. The first-order valence-corrected chi connectivity index (χ1v) is 12.0.